The number of Topliss-reactive ketones (excluding diaryl/α,β-unsaturated/α-hetero) is 2. The molecule has 14 bridgehead atoms. The molecule has 0 unspecified atom stereocenters. The van der Waals surface area contributed by atoms with E-state index in [-0.39, 0.29) is 28.9 Å². The van der Waals surface area contributed by atoms with Gasteiger partial charge in [0.25, 0.3) is 0 Å². The molecule has 0 aromatic carbocycles. The Morgan fingerprint density at radius 3 is 0.667 bits per heavy atom. The lowest BCUT2D eigenvalue weighted by Gasteiger charge is -2.50. The monoisotopic (exact) mass is 1810 g/mol. The zero-order valence-electron chi connectivity index (χ0n) is 71.3. The SMILES string of the molecule is CC1=C(/C=C/C(C)=C/C=C/C(C)=C/C=C/C=C(C)/C=C/C=C(C)/C=C/C2=C(C)C(=O)[C@@H](O)CC2(C)C)C(C)(C)C[C@H](O)C1=O.NCC(=O)O.OC[C@H]1O[C@@H]2O[C@H]3[C@H](O)[C@@H](O)[C@@H](O[C@H]4[C@H](O)[C@@H](O)[C@@H](O[C@H]5[C@H](O)[C@@H](O)[C@@H](O[C@H]6[C@H](O)[C@@H](O)[C@@H](O[C@H]7[C@H](O)[C@@H](O)[C@@H](O[C@H]8[C@H](O)[C@@H](O)[C@@H](O[C@H]1[C@H](O)[C@H]2O)O[C@@H]8CO)O[C@@H]7CO)O[C@@H]6CO)O[C@@H]5CO)O[C@@H]4CO)O[C@@H]3CO. The Hall–Kier alpha value is -5.57. The van der Waals surface area contributed by atoms with Gasteiger partial charge in [-0.05, 0) is 87.5 Å². The van der Waals surface area contributed by atoms with Crippen LogP contribution in [0, 0.1) is 10.8 Å². The first-order chi connectivity index (χ1) is 59.4. The quantitative estimate of drug-likeness (QED) is 0.0567. The van der Waals surface area contributed by atoms with E-state index in [2.05, 4.69) is 71.6 Å². The highest BCUT2D eigenvalue weighted by atomic mass is 16.8. The molecule has 23 rings (SSSR count). The minimum atomic E-state index is -2.21. The second-order valence-corrected chi connectivity index (χ2v) is 33.7. The summed E-state index contributed by atoms with van der Waals surface area (Å²) in [6.45, 7) is 12.4. The zero-order valence-corrected chi connectivity index (χ0v) is 71.3. The number of carboxylic acids is 1. The number of ketones is 2. The van der Waals surface area contributed by atoms with Crippen LogP contribution in [0.2, 0.25) is 0 Å². The van der Waals surface area contributed by atoms with Crippen molar-refractivity contribution in [3.8, 4) is 0 Å². The Balaban J connectivity index is 0.000000339. The van der Waals surface area contributed by atoms with Crippen LogP contribution in [0.4, 0.5) is 0 Å². The van der Waals surface area contributed by atoms with E-state index in [1.807, 2.05) is 74.6 Å². The lowest BCUT2D eigenvalue weighted by molar-refractivity contribution is -0.396. The number of carbonyl (C=O) groups excluding carboxylic acids is 2. The molecule has 21 saturated heterocycles. The third kappa shape index (κ3) is 25.4. The third-order valence-corrected chi connectivity index (χ3v) is 23.3. The molecule has 0 radical (unpaired) electrons. The topological polar surface area (TPSA) is 692 Å². The number of carboxylic acid groups (broad SMARTS) is 1. The normalized spacial score (nSPS) is 42.7. The number of nitrogens with two attached hydrogens (primary N) is 1. The van der Waals surface area contributed by atoms with Gasteiger partial charge in [-0.15, -0.1) is 0 Å². The fourth-order valence-corrected chi connectivity index (χ4v) is 16.0. The molecule has 23 aliphatic rings. The number of carbonyl (C=O) groups is 3. The first-order valence-electron chi connectivity index (χ1n) is 41.2. The molecule has 37 atom stereocenters. The van der Waals surface area contributed by atoms with Crippen LogP contribution in [0.1, 0.15) is 82.1 Å². The Morgan fingerprint density at radius 1 is 0.317 bits per heavy atom. The van der Waals surface area contributed by atoms with E-state index in [0.29, 0.717) is 24.0 Å². The predicted octanol–water partition coefficient (Wildman–Crippen LogP) is -7.30. The molecular formula is C84H127NO41. The van der Waals surface area contributed by atoms with E-state index in [9.17, 15) is 132 Å². The smallest absolute Gasteiger partial charge is 0.317 e. The fraction of sp³-hybridized carbons (Fsp3) is 0.702. The van der Waals surface area contributed by atoms with Gasteiger partial charge in [-0.3, -0.25) is 14.4 Å². The Kier molecular flexibility index (Phi) is 39.6. The average Bonchev–Trinajstić information content (AvgIpc) is 0.811. The van der Waals surface area contributed by atoms with Crippen LogP contribution >= 0.6 is 0 Å². The van der Waals surface area contributed by atoms with Crippen LogP contribution in [-0.2, 0) is 80.7 Å². The third-order valence-electron chi connectivity index (χ3n) is 23.3. The van der Waals surface area contributed by atoms with Crippen LogP contribution in [-0.4, -0.2) is 420 Å². The van der Waals surface area contributed by atoms with Crippen LogP contribution in [0.25, 0.3) is 0 Å². The van der Waals surface area contributed by atoms with Gasteiger partial charge in [0, 0.05) is 0 Å². The second-order valence-electron chi connectivity index (χ2n) is 33.7. The van der Waals surface area contributed by atoms with Crippen molar-refractivity contribution in [1.29, 1.82) is 0 Å². The molecule has 714 valence electrons. The van der Waals surface area contributed by atoms with Gasteiger partial charge in [0.2, 0.25) is 0 Å². The van der Waals surface area contributed by atoms with Gasteiger partial charge in [-0.25, -0.2) is 0 Å². The maximum atomic E-state index is 12.2. The summed E-state index contributed by atoms with van der Waals surface area (Å²) in [6.07, 6.45) is -42.7. The maximum Gasteiger partial charge on any atom is 0.317 e. The molecule has 21 fully saturated rings. The number of allylic oxidation sites excluding steroid dienone is 20. The number of rotatable bonds is 18. The summed E-state index contributed by atoms with van der Waals surface area (Å²) in [5.74, 6) is -1.32. The molecule has 0 spiro atoms. The van der Waals surface area contributed by atoms with E-state index in [1.54, 1.807) is 13.8 Å². The number of ether oxygens (including phenoxy) is 14. The number of aliphatic hydroxyl groups excluding tert-OH is 23. The molecule has 0 aromatic rings. The molecule has 26 N–H and O–H groups in total. The minimum Gasteiger partial charge on any atom is -0.480 e. The number of aliphatic hydroxyl groups is 23. The van der Waals surface area contributed by atoms with Gasteiger partial charge in [0.1, 0.15) is 183 Å². The van der Waals surface area contributed by atoms with E-state index in [4.69, 9.17) is 71.4 Å². The summed E-state index contributed by atoms with van der Waals surface area (Å²) in [5, 5.41) is 258. The Morgan fingerprint density at radius 2 is 0.492 bits per heavy atom. The van der Waals surface area contributed by atoms with Crippen molar-refractivity contribution >= 4 is 17.5 Å². The second kappa shape index (κ2) is 47.2. The standard InChI is InChI=1S/C42H70O35.C40H52O4.C2H5NO2/c43-1-8-29-15(50)22(57)36(64-8)72-30-9(2-44)66-38(24(59)17(30)52)74-32-11(4-46)68-40(26(61)19(32)54)76-34-13(6-48)70-42(28(63)21(34)56)77-35-14(7-49)69-41(27(62)20(35)55)75-33-12(5-47)67-39(25(60)18(33)53)73-31-10(3-45)65-37(71-29)23(58)16(31)51;1-27(17-13-19-29(3)21-23-33-31(5)37(43)35(41)25-39(33,7)8)15-11-12-16-28(2)18-14-20-30(4)22-24-34-32(6)38(44)36(42)26-40(34,9)10;3-1-2(4)5/h8-63H,1-7H2;11-24,35-36,41-42H,25-26H2,1-10H3;1,3H2,(H,4,5)/b;12-11+,17-13+,18-14+,23-21+,24-22+,27-15+,28-16+,29-19+,30-20+;/t8-,9-,10-,11-,12-,13-,14-,15-,16-,17-,18-,19-,20-,21-,22-,23-,24-,25-,26-,27-,28-,29-,30-,31-,32-,33-,34-,35-,36-,37-,38-,39-,40-,41-,42-;35-,36-;/m10./s1. The zero-order chi connectivity index (χ0) is 93.6. The van der Waals surface area contributed by atoms with Crippen molar-refractivity contribution in [2.24, 2.45) is 16.6 Å². The minimum absolute atomic E-state index is 0.175. The van der Waals surface area contributed by atoms with Crippen LogP contribution in [0.15, 0.2) is 130 Å². The molecule has 21 aliphatic heterocycles. The summed E-state index contributed by atoms with van der Waals surface area (Å²) < 4.78 is 79.5. The van der Waals surface area contributed by atoms with Gasteiger partial charge < -0.3 is 195 Å². The molecule has 42 nitrogen and oxygen atoms in total. The number of hydrogen-bond donors (Lipinski definition) is 25. The van der Waals surface area contributed by atoms with Crippen molar-refractivity contribution in [2.45, 2.75) is 309 Å². The summed E-state index contributed by atoms with van der Waals surface area (Å²) >= 11 is 0. The van der Waals surface area contributed by atoms with Crippen LogP contribution < -0.4 is 5.73 Å². The van der Waals surface area contributed by atoms with E-state index in [1.165, 1.54) is 0 Å². The Labute approximate surface area is 726 Å². The largest absolute Gasteiger partial charge is 0.480 e. The molecule has 126 heavy (non-hydrogen) atoms. The number of aliphatic carboxylic acids is 1. The van der Waals surface area contributed by atoms with Gasteiger partial charge in [-0.1, -0.05) is 135 Å². The highest BCUT2D eigenvalue weighted by Gasteiger charge is 2.60. The van der Waals surface area contributed by atoms with Gasteiger partial charge in [-0.2, -0.15) is 0 Å². The Bertz CT molecular complexity index is 3430. The highest BCUT2D eigenvalue weighted by molar-refractivity contribution is 6.01. The van der Waals surface area contributed by atoms with Crippen molar-refractivity contribution in [1.82, 2.24) is 0 Å². The maximum absolute atomic E-state index is 12.2. The lowest BCUT2D eigenvalue weighted by Crippen LogP contribution is -2.68. The van der Waals surface area contributed by atoms with Gasteiger partial charge in [0.15, 0.2) is 55.6 Å². The summed E-state index contributed by atoms with van der Waals surface area (Å²) in [4.78, 5) is 33.7. The van der Waals surface area contributed by atoms with Gasteiger partial charge in [0.05, 0.1) is 52.8 Å². The first-order valence-corrected chi connectivity index (χ1v) is 41.2. The predicted molar refractivity (Wildman–Crippen MR) is 430 cm³/mol. The van der Waals surface area contributed by atoms with Crippen molar-refractivity contribution in [3.05, 3.63) is 130 Å². The van der Waals surface area contributed by atoms with Crippen molar-refractivity contribution in [2.75, 3.05) is 52.8 Å². The highest BCUT2D eigenvalue weighted by Crippen LogP contribution is 2.44. The van der Waals surface area contributed by atoms with E-state index < -0.39 is 279 Å². The van der Waals surface area contributed by atoms with Crippen LogP contribution in [0.5, 0.6) is 0 Å². The average molecular weight is 1810 g/mol. The molecular weight excluding hydrogens is 1680 g/mol. The van der Waals surface area contributed by atoms with Crippen molar-refractivity contribution < 1.29 is 203 Å². The van der Waals surface area contributed by atoms with Crippen molar-refractivity contribution in [3.63, 3.8) is 0 Å². The van der Waals surface area contributed by atoms with Crippen LogP contribution in [0.3, 0.4) is 0 Å². The van der Waals surface area contributed by atoms with E-state index >= 15 is 0 Å². The molecule has 0 saturated carbocycles. The molecule has 42 heteroatoms. The number of hydrogen-bond acceptors (Lipinski definition) is 41. The van der Waals surface area contributed by atoms with Gasteiger partial charge >= 0.3 is 5.97 Å². The molecule has 0 amide bonds. The lowest BCUT2D eigenvalue weighted by atomic mass is 9.71. The summed E-state index contributed by atoms with van der Waals surface area (Å²) in [7, 11) is 0. The summed E-state index contributed by atoms with van der Waals surface area (Å²) in [5.41, 5.74) is 11.7. The van der Waals surface area contributed by atoms with E-state index in [0.717, 1.165) is 33.4 Å². The molecule has 21 heterocycles. The summed E-state index contributed by atoms with van der Waals surface area (Å²) in [6, 6.07) is 0. The fourth-order valence-electron chi connectivity index (χ4n) is 16.0. The molecule has 0 aromatic heterocycles. The molecule has 2 aliphatic carbocycles. The first kappa shape index (κ1) is 106.